The van der Waals surface area contributed by atoms with Crippen molar-refractivity contribution in [3.63, 3.8) is 0 Å². The fourth-order valence-corrected chi connectivity index (χ4v) is 3.64. The topological polar surface area (TPSA) is 6.48 Å². The summed E-state index contributed by atoms with van der Waals surface area (Å²) in [5, 5.41) is 0. The maximum Gasteiger partial charge on any atom is 0.146 e. The quantitative estimate of drug-likeness (QED) is 0.787. The van der Waals surface area contributed by atoms with Crippen molar-refractivity contribution in [3.8, 4) is 0 Å². The molecule has 124 valence electrons. The lowest BCUT2D eigenvalue weighted by Crippen LogP contribution is -2.51. The lowest BCUT2D eigenvalue weighted by molar-refractivity contribution is 0.147. The molecule has 0 N–H and O–H groups in total. The molecule has 0 atom stereocenters. The molecule has 0 spiro atoms. The third-order valence-corrected chi connectivity index (χ3v) is 4.85. The summed E-state index contributed by atoms with van der Waals surface area (Å²) in [5.41, 5.74) is 1.77. The Hall–Kier alpha value is -1.09. The van der Waals surface area contributed by atoms with Crippen LogP contribution in [-0.2, 0) is 0 Å². The van der Waals surface area contributed by atoms with E-state index in [1.807, 2.05) is 32.9 Å². The molecule has 2 nitrogen and oxygen atoms in total. The zero-order chi connectivity index (χ0) is 15.9. The van der Waals surface area contributed by atoms with Gasteiger partial charge in [-0.1, -0.05) is 39.2 Å². The van der Waals surface area contributed by atoms with Crippen molar-refractivity contribution in [1.82, 2.24) is 4.90 Å². The van der Waals surface area contributed by atoms with E-state index in [2.05, 4.69) is 9.80 Å². The first-order valence-electron chi connectivity index (χ1n) is 8.99. The molecule has 2 fully saturated rings. The van der Waals surface area contributed by atoms with Crippen molar-refractivity contribution < 1.29 is 4.39 Å². The molecule has 2 aliphatic rings. The normalized spacial score (nSPS) is 20.5. The second-order valence-corrected chi connectivity index (χ2v) is 6.27. The minimum absolute atomic E-state index is 0.0730. The molecule has 1 aliphatic heterocycles. The maximum atomic E-state index is 14.0. The second-order valence-electron chi connectivity index (χ2n) is 6.27. The third-order valence-electron chi connectivity index (χ3n) is 4.85. The lowest BCUT2D eigenvalue weighted by Gasteiger charge is -2.41. The van der Waals surface area contributed by atoms with E-state index in [0.717, 1.165) is 43.5 Å². The Labute approximate surface area is 135 Å². The summed E-state index contributed by atoms with van der Waals surface area (Å²) in [5.74, 6) is -0.0730. The highest BCUT2D eigenvalue weighted by atomic mass is 19.1. The van der Waals surface area contributed by atoms with Crippen molar-refractivity contribution in [2.24, 2.45) is 0 Å². The predicted molar refractivity (Wildman–Crippen MR) is 93.1 cm³/mol. The number of rotatable bonds is 2. The van der Waals surface area contributed by atoms with E-state index >= 15 is 0 Å². The van der Waals surface area contributed by atoms with Gasteiger partial charge in [-0.15, -0.1) is 0 Å². The van der Waals surface area contributed by atoms with Crippen molar-refractivity contribution in [2.45, 2.75) is 58.9 Å². The van der Waals surface area contributed by atoms with E-state index in [-0.39, 0.29) is 5.82 Å². The molecule has 0 bridgehead atoms. The molecule has 1 saturated carbocycles. The van der Waals surface area contributed by atoms with Crippen LogP contribution in [0.2, 0.25) is 0 Å². The van der Waals surface area contributed by atoms with Crippen LogP contribution in [0, 0.1) is 12.7 Å². The van der Waals surface area contributed by atoms with Gasteiger partial charge in [0.15, 0.2) is 0 Å². The Balaban J connectivity index is 0.000000847. The van der Waals surface area contributed by atoms with Gasteiger partial charge in [-0.25, -0.2) is 4.39 Å². The molecule has 1 heterocycles. The highest BCUT2D eigenvalue weighted by Gasteiger charge is 2.25. The van der Waals surface area contributed by atoms with E-state index in [1.54, 1.807) is 6.07 Å². The molecule has 1 aromatic carbocycles. The average Bonchev–Trinajstić information content (AvgIpc) is 2.58. The van der Waals surface area contributed by atoms with Gasteiger partial charge in [-0.05, 0) is 37.5 Å². The lowest BCUT2D eigenvalue weighted by atomic mass is 9.94. The Morgan fingerprint density at radius 1 is 0.955 bits per heavy atom. The molecular formula is C19H31FN2. The third kappa shape index (κ3) is 4.22. The fourth-order valence-electron chi connectivity index (χ4n) is 3.64. The average molecular weight is 306 g/mol. The molecule has 3 heteroatoms. The Bertz CT molecular complexity index is 447. The fraction of sp³-hybridized carbons (Fsp3) is 0.684. The Kier molecular flexibility index (Phi) is 6.69. The van der Waals surface area contributed by atoms with Gasteiger partial charge in [0.2, 0.25) is 0 Å². The monoisotopic (exact) mass is 306 g/mol. The second kappa shape index (κ2) is 8.52. The number of aryl methyl sites for hydroxylation is 1. The minimum atomic E-state index is -0.0730. The van der Waals surface area contributed by atoms with E-state index in [4.69, 9.17) is 0 Å². The predicted octanol–water partition coefficient (Wildman–Crippen LogP) is 4.62. The highest BCUT2D eigenvalue weighted by Crippen LogP contribution is 2.26. The summed E-state index contributed by atoms with van der Waals surface area (Å²) in [6.45, 7) is 10.0. The van der Waals surface area contributed by atoms with Crippen LogP contribution in [0.25, 0.3) is 0 Å². The van der Waals surface area contributed by atoms with E-state index < -0.39 is 0 Å². The van der Waals surface area contributed by atoms with Gasteiger partial charge in [0.25, 0.3) is 0 Å². The molecule has 0 aromatic heterocycles. The summed E-state index contributed by atoms with van der Waals surface area (Å²) in [6, 6.07) is 6.36. The summed E-state index contributed by atoms with van der Waals surface area (Å²) < 4.78 is 14.0. The van der Waals surface area contributed by atoms with Gasteiger partial charge in [0.05, 0.1) is 5.69 Å². The number of anilines is 1. The van der Waals surface area contributed by atoms with E-state index in [0.29, 0.717) is 0 Å². The number of hydrogen-bond acceptors (Lipinski definition) is 2. The minimum Gasteiger partial charge on any atom is -0.367 e. The summed E-state index contributed by atoms with van der Waals surface area (Å²) >= 11 is 0. The zero-order valence-corrected chi connectivity index (χ0v) is 14.4. The Morgan fingerprint density at radius 3 is 2.18 bits per heavy atom. The van der Waals surface area contributed by atoms with Crippen LogP contribution >= 0.6 is 0 Å². The van der Waals surface area contributed by atoms with Crippen molar-refractivity contribution >= 4 is 5.69 Å². The van der Waals surface area contributed by atoms with Crippen LogP contribution in [0.5, 0.6) is 0 Å². The first-order chi connectivity index (χ1) is 10.7. The van der Waals surface area contributed by atoms with Crippen LogP contribution < -0.4 is 4.90 Å². The number of halogens is 1. The summed E-state index contributed by atoms with van der Waals surface area (Å²) in [6.07, 6.45) is 6.90. The summed E-state index contributed by atoms with van der Waals surface area (Å²) in [7, 11) is 0. The van der Waals surface area contributed by atoms with Crippen LogP contribution in [0.15, 0.2) is 18.2 Å². The zero-order valence-electron chi connectivity index (χ0n) is 14.4. The molecule has 1 saturated heterocycles. The van der Waals surface area contributed by atoms with Crippen LogP contribution in [-0.4, -0.2) is 37.1 Å². The molecular weight excluding hydrogens is 275 g/mol. The van der Waals surface area contributed by atoms with Crippen LogP contribution in [0.1, 0.15) is 51.5 Å². The standard InChI is InChI=1S/C17H25FN2.C2H6/c1-14-7-8-17(16(18)13-14)20-11-9-19(10-12-20)15-5-3-2-4-6-15;1-2/h7-8,13,15H,2-6,9-12H2,1H3;1-2H3. The van der Waals surface area contributed by atoms with E-state index in [1.165, 1.54) is 32.1 Å². The maximum absolute atomic E-state index is 14.0. The number of piperazine rings is 1. The SMILES string of the molecule is CC.Cc1ccc(N2CCN(C3CCCCC3)CC2)c(F)c1. The molecule has 0 unspecified atom stereocenters. The smallest absolute Gasteiger partial charge is 0.146 e. The molecule has 3 rings (SSSR count). The van der Waals surface area contributed by atoms with Crippen molar-refractivity contribution in [3.05, 3.63) is 29.6 Å². The van der Waals surface area contributed by atoms with Gasteiger partial charge in [-0.3, -0.25) is 4.90 Å². The number of nitrogens with zero attached hydrogens (tertiary/aromatic N) is 2. The van der Waals surface area contributed by atoms with Gasteiger partial charge >= 0.3 is 0 Å². The van der Waals surface area contributed by atoms with Gasteiger partial charge in [-0.2, -0.15) is 0 Å². The number of benzene rings is 1. The molecule has 1 aromatic rings. The number of hydrogen-bond donors (Lipinski definition) is 0. The molecule has 22 heavy (non-hydrogen) atoms. The Morgan fingerprint density at radius 2 is 1.59 bits per heavy atom. The van der Waals surface area contributed by atoms with Gasteiger partial charge in [0.1, 0.15) is 5.82 Å². The molecule has 0 radical (unpaired) electrons. The summed E-state index contributed by atoms with van der Waals surface area (Å²) in [4.78, 5) is 4.83. The first-order valence-corrected chi connectivity index (χ1v) is 8.99. The van der Waals surface area contributed by atoms with E-state index in [9.17, 15) is 4.39 Å². The van der Waals surface area contributed by atoms with Gasteiger partial charge in [0, 0.05) is 32.2 Å². The largest absolute Gasteiger partial charge is 0.367 e. The highest BCUT2D eigenvalue weighted by molar-refractivity contribution is 5.49. The van der Waals surface area contributed by atoms with Gasteiger partial charge < -0.3 is 4.90 Å². The van der Waals surface area contributed by atoms with Crippen molar-refractivity contribution in [1.29, 1.82) is 0 Å². The van der Waals surface area contributed by atoms with Crippen LogP contribution in [0.4, 0.5) is 10.1 Å². The first kappa shape index (κ1) is 17.3. The molecule has 1 aliphatic carbocycles. The van der Waals surface area contributed by atoms with Crippen molar-refractivity contribution in [2.75, 3.05) is 31.1 Å². The molecule has 0 amide bonds. The van der Waals surface area contributed by atoms with Crippen LogP contribution in [0.3, 0.4) is 0 Å².